The maximum atomic E-state index is 12.7. The normalized spacial score (nSPS) is 13.7. The summed E-state index contributed by atoms with van der Waals surface area (Å²) in [5.41, 5.74) is 0.338. The lowest BCUT2D eigenvalue weighted by atomic mass is 10.1. The number of ether oxygens (including phenoxy) is 1. The molecule has 1 aromatic rings. The number of nitrogens with zero attached hydrogens (tertiary/aromatic N) is 2. The van der Waals surface area contributed by atoms with Gasteiger partial charge in [0, 0.05) is 17.8 Å². The fourth-order valence-corrected chi connectivity index (χ4v) is 2.87. The van der Waals surface area contributed by atoms with Crippen molar-refractivity contribution in [2.24, 2.45) is 0 Å². The second kappa shape index (κ2) is 11.0. The Morgan fingerprint density at radius 3 is 2.00 bits per heavy atom. The molecule has 0 spiro atoms. The number of carbonyl (C=O) groups is 2. The topological polar surface area (TPSA) is 61.9 Å². The summed E-state index contributed by atoms with van der Waals surface area (Å²) in [6, 6.07) is 5.09. The molecule has 0 aliphatic carbocycles. The van der Waals surface area contributed by atoms with E-state index in [1.807, 2.05) is 32.6 Å². The molecule has 0 bridgehead atoms. The minimum Gasteiger partial charge on any atom is -0.406 e. The van der Waals surface area contributed by atoms with E-state index in [2.05, 4.69) is 10.1 Å². The predicted molar refractivity (Wildman–Crippen MR) is 106 cm³/mol. The monoisotopic (exact) mass is 417 g/mol. The van der Waals surface area contributed by atoms with E-state index in [0.717, 1.165) is 25.0 Å². The molecule has 1 rings (SSSR count). The first-order valence-corrected chi connectivity index (χ1v) is 9.62. The zero-order valence-electron chi connectivity index (χ0n) is 17.5. The molecule has 0 aliphatic heterocycles. The third-order valence-electron chi connectivity index (χ3n) is 4.61. The van der Waals surface area contributed by atoms with Crippen molar-refractivity contribution in [2.45, 2.75) is 59.0 Å². The first-order chi connectivity index (χ1) is 13.5. The molecule has 9 heteroatoms. The van der Waals surface area contributed by atoms with Gasteiger partial charge in [-0.25, -0.2) is 0 Å². The lowest BCUT2D eigenvalue weighted by Gasteiger charge is -2.35. The summed E-state index contributed by atoms with van der Waals surface area (Å²) in [7, 11) is 1.67. The predicted octanol–water partition coefficient (Wildman–Crippen LogP) is 3.88. The molecule has 0 heterocycles. The van der Waals surface area contributed by atoms with Gasteiger partial charge in [-0.2, -0.15) is 0 Å². The third-order valence-corrected chi connectivity index (χ3v) is 4.61. The summed E-state index contributed by atoms with van der Waals surface area (Å²) in [4.78, 5) is 28.3. The first kappa shape index (κ1) is 24.7. The van der Waals surface area contributed by atoms with Crippen molar-refractivity contribution in [3.05, 3.63) is 24.3 Å². The maximum absolute atomic E-state index is 12.7. The molecule has 0 radical (unpaired) electrons. The number of benzene rings is 1. The molecule has 0 fully saturated rings. The number of alkyl halides is 3. The second-order valence-electron chi connectivity index (χ2n) is 7.11. The summed E-state index contributed by atoms with van der Waals surface area (Å²) in [6.45, 7) is 8.12. The van der Waals surface area contributed by atoms with E-state index in [1.54, 1.807) is 11.9 Å². The fraction of sp³-hybridized carbons (Fsp3) is 0.600. The molecule has 0 aliphatic rings. The molecule has 0 aromatic heterocycles. The van der Waals surface area contributed by atoms with E-state index in [-0.39, 0.29) is 42.7 Å². The van der Waals surface area contributed by atoms with E-state index in [4.69, 9.17) is 0 Å². The molecule has 0 saturated heterocycles. The van der Waals surface area contributed by atoms with E-state index in [1.165, 1.54) is 12.1 Å². The van der Waals surface area contributed by atoms with Gasteiger partial charge in [0.2, 0.25) is 11.8 Å². The number of amides is 2. The van der Waals surface area contributed by atoms with Gasteiger partial charge in [-0.15, -0.1) is 13.2 Å². The Morgan fingerprint density at radius 1 is 1.03 bits per heavy atom. The summed E-state index contributed by atoms with van der Waals surface area (Å²) in [6.07, 6.45) is -3.08. The fourth-order valence-electron chi connectivity index (χ4n) is 2.87. The number of carbonyl (C=O) groups excluding carboxylic acids is 2. The van der Waals surface area contributed by atoms with Crippen molar-refractivity contribution >= 4 is 17.5 Å². The van der Waals surface area contributed by atoms with Crippen LogP contribution in [0, 0.1) is 0 Å². The molecular formula is C20H30F3N3O3. The lowest BCUT2D eigenvalue weighted by Crippen LogP contribution is -2.49. The largest absolute Gasteiger partial charge is 0.573 e. The van der Waals surface area contributed by atoms with Crippen LogP contribution < -0.4 is 10.1 Å². The second-order valence-corrected chi connectivity index (χ2v) is 7.11. The van der Waals surface area contributed by atoms with Gasteiger partial charge in [0.25, 0.3) is 0 Å². The molecule has 1 aromatic carbocycles. The SMILES string of the molecule is CC[C@H](C)N(C(=O)CN(C)CC(=O)Nc1ccc(OC(F)(F)F)cc1)[C@@H](C)CC. The molecule has 0 saturated carbocycles. The Kier molecular flexibility index (Phi) is 9.42. The van der Waals surface area contributed by atoms with Crippen LogP contribution in [0.3, 0.4) is 0 Å². The zero-order chi connectivity index (χ0) is 22.2. The van der Waals surface area contributed by atoms with Crippen molar-refractivity contribution in [3.8, 4) is 5.75 Å². The van der Waals surface area contributed by atoms with Crippen molar-refractivity contribution in [2.75, 3.05) is 25.5 Å². The summed E-state index contributed by atoms with van der Waals surface area (Å²) >= 11 is 0. The van der Waals surface area contributed by atoms with Crippen LogP contribution in [-0.2, 0) is 9.59 Å². The highest BCUT2D eigenvalue weighted by Crippen LogP contribution is 2.23. The van der Waals surface area contributed by atoms with Crippen molar-refractivity contribution in [3.63, 3.8) is 0 Å². The number of rotatable bonds is 10. The number of halogens is 3. The number of hydrogen-bond acceptors (Lipinski definition) is 4. The molecule has 164 valence electrons. The minimum atomic E-state index is -4.77. The Balaban J connectivity index is 2.60. The van der Waals surface area contributed by atoms with E-state index >= 15 is 0 Å². The number of hydrogen-bond donors (Lipinski definition) is 1. The number of anilines is 1. The molecule has 1 N–H and O–H groups in total. The zero-order valence-corrected chi connectivity index (χ0v) is 17.5. The van der Waals surface area contributed by atoms with Gasteiger partial charge in [0.15, 0.2) is 0 Å². The van der Waals surface area contributed by atoms with Crippen molar-refractivity contribution in [1.29, 1.82) is 0 Å². The van der Waals surface area contributed by atoms with Crippen LogP contribution in [0.5, 0.6) is 5.75 Å². The van der Waals surface area contributed by atoms with E-state index < -0.39 is 6.36 Å². The minimum absolute atomic E-state index is 0.0264. The van der Waals surface area contributed by atoms with Crippen LogP contribution in [0.15, 0.2) is 24.3 Å². The Morgan fingerprint density at radius 2 is 1.55 bits per heavy atom. The van der Waals surface area contributed by atoms with Gasteiger partial charge in [-0.05, 0) is 58.0 Å². The van der Waals surface area contributed by atoms with Crippen LogP contribution in [0.25, 0.3) is 0 Å². The highest BCUT2D eigenvalue weighted by molar-refractivity contribution is 5.92. The quantitative estimate of drug-likeness (QED) is 0.628. The van der Waals surface area contributed by atoms with Gasteiger partial charge >= 0.3 is 6.36 Å². The highest BCUT2D eigenvalue weighted by atomic mass is 19.4. The van der Waals surface area contributed by atoms with Gasteiger partial charge in [0.05, 0.1) is 13.1 Å². The number of nitrogens with one attached hydrogen (secondary N) is 1. The van der Waals surface area contributed by atoms with Crippen molar-refractivity contribution in [1.82, 2.24) is 9.80 Å². The standard InChI is InChI=1S/C20H30F3N3O3/c1-6-14(3)26(15(4)7-2)19(28)13-25(5)12-18(27)24-16-8-10-17(11-9-16)29-20(21,22)23/h8-11,14-15H,6-7,12-13H2,1-5H3,(H,24,27)/t14-,15-/m0/s1. The molecule has 6 nitrogen and oxygen atoms in total. The van der Waals surface area contributed by atoms with Crippen LogP contribution in [-0.4, -0.2) is 60.2 Å². The Labute approximate surface area is 170 Å². The van der Waals surface area contributed by atoms with Gasteiger partial charge in [-0.1, -0.05) is 13.8 Å². The summed E-state index contributed by atoms with van der Waals surface area (Å²) in [5.74, 6) is -0.783. The molecule has 0 unspecified atom stereocenters. The molecule has 29 heavy (non-hydrogen) atoms. The van der Waals surface area contributed by atoms with E-state index in [0.29, 0.717) is 5.69 Å². The summed E-state index contributed by atoms with van der Waals surface area (Å²) < 4.78 is 40.3. The summed E-state index contributed by atoms with van der Waals surface area (Å²) in [5, 5.41) is 2.59. The molecule has 2 atom stereocenters. The van der Waals surface area contributed by atoms with Crippen LogP contribution in [0.1, 0.15) is 40.5 Å². The third kappa shape index (κ3) is 8.72. The Bertz CT molecular complexity index is 655. The highest BCUT2D eigenvalue weighted by Gasteiger charge is 2.31. The first-order valence-electron chi connectivity index (χ1n) is 9.62. The molecular weight excluding hydrogens is 387 g/mol. The van der Waals surface area contributed by atoms with Crippen molar-refractivity contribution < 1.29 is 27.5 Å². The Hall–Kier alpha value is -2.29. The van der Waals surface area contributed by atoms with Crippen LogP contribution in [0.2, 0.25) is 0 Å². The molecule has 2 amide bonds. The van der Waals surface area contributed by atoms with Gasteiger partial charge in [0.1, 0.15) is 5.75 Å². The maximum Gasteiger partial charge on any atom is 0.573 e. The van der Waals surface area contributed by atoms with E-state index in [9.17, 15) is 22.8 Å². The lowest BCUT2D eigenvalue weighted by molar-refractivity contribution is -0.274. The average molecular weight is 417 g/mol. The van der Waals surface area contributed by atoms with Gasteiger partial charge < -0.3 is 15.0 Å². The smallest absolute Gasteiger partial charge is 0.406 e. The van der Waals surface area contributed by atoms with Gasteiger partial charge in [-0.3, -0.25) is 14.5 Å². The number of likely N-dealkylation sites (N-methyl/N-ethyl adjacent to an activating group) is 1. The van der Waals surface area contributed by atoms with Crippen LogP contribution >= 0.6 is 0 Å². The average Bonchev–Trinajstić information content (AvgIpc) is 2.61. The van der Waals surface area contributed by atoms with Crippen LogP contribution in [0.4, 0.5) is 18.9 Å².